The van der Waals surface area contributed by atoms with Crippen molar-refractivity contribution in [2.24, 2.45) is 5.92 Å². The van der Waals surface area contributed by atoms with Gasteiger partial charge in [-0.2, -0.15) is 8.78 Å². The summed E-state index contributed by atoms with van der Waals surface area (Å²) in [6, 6.07) is 11.9. The third kappa shape index (κ3) is 4.08. The maximum Gasteiger partial charge on any atom is 0.387 e. The minimum absolute atomic E-state index is 0.0469. The number of benzene rings is 2. The van der Waals surface area contributed by atoms with E-state index in [1.165, 1.54) is 13.2 Å². The molecule has 0 radical (unpaired) electrons. The Labute approximate surface area is 177 Å². The number of fused-ring (bicyclic) bond motifs is 2. The number of nitrogens with zero attached hydrogens (tertiary/aromatic N) is 1. The van der Waals surface area contributed by atoms with E-state index in [-0.39, 0.29) is 23.0 Å². The molecule has 0 aliphatic heterocycles. The summed E-state index contributed by atoms with van der Waals surface area (Å²) in [6.07, 6.45) is 3.24. The molecule has 1 aromatic heterocycles. The Hall–Kier alpha value is -3.48. The number of aromatic nitrogens is 1. The fraction of sp³-hybridized carbons (Fsp3) is 0.250. The van der Waals surface area contributed by atoms with E-state index < -0.39 is 12.6 Å². The van der Waals surface area contributed by atoms with Gasteiger partial charge in [-0.05, 0) is 59.7 Å². The third-order valence-electron chi connectivity index (χ3n) is 5.38. The Morgan fingerprint density at radius 2 is 1.97 bits per heavy atom. The van der Waals surface area contributed by atoms with Gasteiger partial charge in [-0.1, -0.05) is 31.2 Å². The van der Waals surface area contributed by atoms with E-state index in [1.807, 2.05) is 12.1 Å². The molecule has 5 nitrogen and oxygen atoms in total. The maximum atomic E-state index is 12.6. The van der Waals surface area contributed by atoms with Gasteiger partial charge in [0.1, 0.15) is 0 Å². The van der Waals surface area contributed by atoms with Crippen LogP contribution in [-0.4, -0.2) is 29.8 Å². The minimum atomic E-state index is -2.95. The average molecular weight is 425 g/mol. The number of hydrogen-bond donors (Lipinski definition) is 1. The number of carboxylic acids is 1. The van der Waals surface area contributed by atoms with Crippen LogP contribution in [0, 0.1) is 5.92 Å². The number of pyridine rings is 1. The Morgan fingerprint density at radius 1 is 1.19 bits per heavy atom. The molecule has 0 spiro atoms. The largest absolute Gasteiger partial charge is 0.493 e. The van der Waals surface area contributed by atoms with E-state index in [2.05, 4.69) is 11.7 Å². The minimum Gasteiger partial charge on any atom is -0.493 e. The van der Waals surface area contributed by atoms with Gasteiger partial charge in [-0.3, -0.25) is 0 Å². The van der Waals surface area contributed by atoms with Crippen molar-refractivity contribution in [2.75, 3.05) is 7.11 Å². The highest BCUT2D eigenvalue weighted by atomic mass is 19.3. The Bertz CT molecular complexity index is 1190. The molecule has 1 aliphatic rings. The van der Waals surface area contributed by atoms with Crippen molar-refractivity contribution in [3.8, 4) is 11.5 Å². The quantitative estimate of drug-likeness (QED) is 0.571. The molecule has 1 aliphatic carbocycles. The van der Waals surface area contributed by atoms with Crippen LogP contribution in [0.15, 0.2) is 42.5 Å². The standard InChI is InChI=1S/C24H21F2NO4/c1-13-9-15(11-14-7-8-19(31-24(25)26)20(12-14)30-2)22-17(10-13)21(23(28)29)16-5-3-4-6-18(16)27-22/h3-8,11-13,24H,9-10H2,1-2H3,(H,28,29)/b15-11-/t13-/m0/s1. The van der Waals surface area contributed by atoms with Gasteiger partial charge in [0.2, 0.25) is 0 Å². The number of rotatable bonds is 5. The van der Waals surface area contributed by atoms with Crippen LogP contribution >= 0.6 is 0 Å². The summed E-state index contributed by atoms with van der Waals surface area (Å²) in [7, 11) is 1.38. The topological polar surface area (TPSA) is 68.7 Å². The van der Waals surface area contributed by atoms with Gasteiger partial charge in [0, 0.05) is 5.39 Å². The molecular formula is C24H21F2NO4. The molecule has 0 fully saturated rings. The molecule has 31 heavy (non-hydrogen) atoms. The monoisotopic (exact) mass is 425 g/mol. The lowest BCUT2D eigenvalue weighted by atomic mass is 9.80. The second-order valence-corrected chi connectivity index (χ2v) is 7.61. The summed E-state index contributed by atoms with van der Waals surface area (Å²) in [4.78, 5) is 16.9. The summed E-state index contributed by atoms with van der Waals surface area (Å²) in [5.74, 6) is -0.604. The third-order valence-corrected chi connectivity index (χ3v) is 5.38. The second kappa shape index (κ2) is 8.34. The highest BCUT2D eigenvalue weighted by molar-refractivity contribution is 6.05. The number of carboxylic acid groups (broad SMARTS) is 1. The van der Waals surface area contributed by atoms with Crippen LogP contribution in [0.1, 0.15) is 40.5 Å². The van der Waals surface area contributed by atoms with Crippen molar-refractivity contribution in [1.82, 2.24) is 4.98 Å². The number of allylic oxidation sites excluding steroid dienone is 1. The number of alkyl halides is 2. The number of ether oxygens (including phenoxy) is 2. The predicted octanol–water partition coefficient (Wildman–Crippen LogP) is 5.67. The van der Waals surface area contributed by atoms with Gasteiger partial charge >= 0.3 is 12.6 Å². The first kappa shape index (κ1) is 20.8. The molecule has 1 heterocycles. The fourth-order valence-electron chi connectivity index (χ4n) is 4.15. The molecule has 0 saturated heterocycles. The first-order valence-electron chi connectivity index (χ1n) is 9.86. The molecule has 7 heteroatoms. The number of aromatic carboxylic acids is 1. The number of carbonyl (C=O) groups is 1. The summed E-state index contributed by atoms with van der Waals surface area (Å²) < 4.78 is 34.9. The predicted molar refractivity (Wildman–Crippen MR) is 114 cm³/mol. The number of halogens is 2. The zero-order valence-corrected chi connectivity index (χ0v) is 17.1. The first-order valence-corrected chi connectivity index (χ1v) is 9.86. The van der Waals surface area contributed by atoms with E-state index in [0.29, 0.717) is 23.0 Å². The molecule has 4 rings (SSSR count). The lowest BCUT2D eigenvalue weighted by Gasteiger charge is -2.26. The van der Waals surface area contributed by atoms with Crippen LogP contribution in [-0.2, 0) is 6.42 Å². The molecule has 1 atom stereocenters. The SMILES string of the molecule is COc1cc(/C=C2/C[C@H](C)Cc3c2nc2ccccc2c3C(=O)O)ccc1OC(F)F. The van der Waals surface area contributed by atoms with Gasteiger partial charge < -0.3 is 14.6 Å². The fourth-order valence-corrected chi connectivity index (χ4v) is 4.15. The highest BCUT2D eigenvalue weighted by Gasteiger charge is 2.28. The molecular weight excluding hydrogens is 404 g/mol. The van der Waals surface area contributed by atoms with Crippen molar-refractivity contribution in [2.45, 2.75) is 26.4 Å². The van der Waals surface area contributed by atoms with E-state index in [4.69, 9.17) is 9.72 Å². The van der Waals surface area contributed by atoms with Crippen molar-refractivity contribution < 1.29 is 28.2 Å². The summed E-state index contributed by atoms with van der Waals surface area (Å²) in [6.45, 7) is -0.881. The van der Waals surface area contributed by atoms with E-state index in [9.17, 15) is 18.7 Å². The number of para-hydroxylation sites is 1. The van der Waals surface area contributed by atoms with Crippen molar-refractivity contribution >= 4 is 28.5 Å². The summed E-state index contributed by atoms with van der Waals surface area (Å²) in [5, 5.41) is 10.6. The smallest absolute Gasteiger partial charge is 0.387 e. The number of methoxy groups -OCH3 is 1. The first-order chi connectivity index (χ1) is 14.9. The summed E-state index contributed by atoms with van der Waals surface area (Å²) in [5.41, 5.74) is 3.92. The Morgan fingerprint density at radius 3 is 2.68 bits per heavy atom. The van der Waals surface area contributed by atoms with E-state index in [1.54, 1.807) is 30.3 Å². The average Bonchev–Trinajstić information content (AvgIpc) is 2.72. The molecule has 0 saturated carbocycles. The Balaban J connectivity index is 1.87. The van der Waals surface area contributed by atoms with Gasteiger partial charge in [0.15, 0.2) is 11.5 Å². The lowest BCUT2D eigenvalue weighted by Crippen LogP contribution is -2.17. The van der Waals surface area contributed by atoms with Crippen LogP contribution in [0.3, 0.4) is 0 Å². The van der Waals surface area contributed by atoms with Gasteiger partial charge in [0.05, 0.1) is 23.9 Å². The lowest BCUT2D eigenvalue weighted by molar-refractivity contribution is -0.0512. The van der Waals surface area contributed by atoms with Gasteiger partial charge in [-0.25, -0.2) is 9.78 Å². The van der Waals surface area contributed by atoms with Crippen LogP contribution in [0.2, 0.25) is 0 Å². The van der Waals surface area contributed by atoms with Gasteiger partial charge in [0.25, 0.3) is 0 Å². The zero-order chi connectivity index (χ0) is 22.1. The molecule has 3 aromatic rings. The molecule has 1 N–H and O–H groups in total. The van der Waals surface area contributed by atoms with Crippen LogP contribution in [0.25, 0.3) is 22.6 Å². The van der Waals surface area contributed by atoms with Crippen molar-refractivity contribution in [3.05, 3.63) is 64.8 Å². The van der Waals surface area contributed by atoms with Gasteiger partial charge in [-0.15, -0.1) is 0 Å². The van der Waals surface area contributed by atoms with Crippen molar-refractivity contribution in [1.29, 1.82) is 0 Å². The normalized spacial score (nSPS) is 17.1. The van der Waals surface area contributed by atoms with E-state index >= 15 is 0 Å². The zero-order valence-electron chi connectivity index (χ0n) is 17.1. The number of hydrogen-bond acceptors (Lipinski definition) is 4. The Kier molecular flexibility index (Phi) is 5.59. The van der Waals surface area contributed by atoms with Crippen LogP contribution in [0.5, 0.6) is 11.5 Å². The molecule has 0 unspecified atom stereocenters. The maximum absolute atomic E-state index is 12.6. The molecule has 160 valence electrons. The second-order valence-electron chi connectivity index (χ2n) is 7.61. The summed E-state index contributed by atoms with van der Waals surface area (Å²) >= 11 is 0. The van der Waals surface area contributed by atoms with E-state index in [0.717, 1.165) is 23.1 Å². The van der Waals surface area contributed by atoms with Crippen molar-refractivity contribution in [3.63, 3.8) is 0 Å². The highest BCUT2D eigenvalue weighted by Crippen LogP contribution is 2.39. The molecule has 0 bridgehead atoms. The van der Waals surface area contributed by atoms with Crippen LogP contribution in [0.4, 0.5) is 8.78 Å². The van der Waals surface area contributed by atoms with Crippen LogP contribution < -0.4 is 9.47 Å². The molecule has 2 aromatic carbocycles. The molecule has 0 amide bonds.